The highest BCUT2D eigenvalue weighted by molar-refractivity contribution is 6.07. The van der Waals surface area contributed by atoms with E-state index < -0.39 is 11.5 Å². The molecule has 1 saturated heterocycles. The number of nitrogens with zero attached hydrogens (tertiary/aromatic N) is 4. The van der Waals surface area contributed by atoms with Crippen molar-refractivity contribution in [3.8, 4) is 0 Å². The number of carboxylic acids is 1. The maximum absolute atomic E-state index is 13.0. The first kappa shape index (κ1) is 16.4. The molecule has 4 rings (SSSR count). The molecule has 0 bridgehead atoms. The largest absolute Gasteiger partial charge is 0.479 e. The molecule has 0 atom stereocenters. The third-order valence-electron chi connectivity index (χ3n) is 5.40. The van der Waals surface area contributed by atoms with Crippen molar-refractivity contribution in [1.82, 2.24) is 19.0 Å². The van der Waals surface area contributed by atoms with Gasteiger partial charge >= 0.3 is 5.97 Å². The third-order valence-corrected chi connectivity index (χ3v) is 5.40. The Hall–Kier alpha value is -3.09. The van der Waals surface area contributed by atoms with Gasteiger partial charge < -0.3 is 19.1 Å². The van der Waals surface area contributed by atoms with E-state index in [0.717, 1.165) is 10.9 Å². The Labute approximate surface area is 150 Å². The molecule has 3 aromatic rings. The summed E-state index contributed by atoms with van der Waals surface area (Å²) < 4.78 is 3.59. The van der Waals surface area contributed by atoms with Crippen molar-refractivity contribution in [3.63, 3.8) is 0 Å². The summed E-state index contributed by atoms with van der Waals surface area (Å²) in [5.74, 6) is -0.931. The minimum atomic E-state index is -1.04. The fourth-order valence-corrected chi connectivity index (χ4v) is 3.86. The molecule has 1 N–H and O–H groups in total. The molecular formula is C19H20N4O3. The number of para-hydroxylation sites is 1. The van der Waals surface area contributed by atoms with Crippen LogP contribution < -0.4 is 0 Å². The zero-order chi connectivity index (χ0) is 18.3. The SMILES string of the molecule is Cn1cc(C(=O)N2CCC(C(=O)O)(n3ccnc3)CC2)c2ccccc21. The van der Waals surface area contributed by atoms with Crippen LogP contribution in [-0.4, -0.2) is 49.1 Å². The fraction of sp³-hybridized carbons (Fsp3) is 0.316. The van der Waals surface area contributed by atoms with Crippen LogP contribution in [0.5, 0.6) is 0 Å². The van der Waals surface area contributed by atoms with Crippen molar-refractivity contribution in [2.45, 2.75) is 18.4 Å². The lowest BCUT2D eigenvalue weighted by Crippen LogP contribution is -2.52. The molecular weight excluding hydrogens is 332 g/mol. The van der Waals surface area contributed by atoms with E-state index in [2.05, 4.69) is 4.98 Å². The van der Waals surface area contributed by atoms with E-state index in [4.69, 9.17) is 0 Å². The molecule has 0 aliphatic carbocycles. The van der Waals surface area contributed by atoms with Crippen molar-refractivity contribution >= 4 is 22.8 Å². The molecule has 2 aromatic heterocycles. The zero-order valence-corrected chi connectivity index (χ0v) is 14.5. The van der Waals surface area contributed by atoms with Crippen LogP contribution in [0.1, 0.15) is 23.2 Å². The van der Waals surface area contributed by atoms with Gasteiger partial charge in [-0.05, 0) is 18.9 Å². The summed E-state index contributed by atoms with van der Waals surface area (Å²) in [6.07, 6.45) is 7.36. The lowest BCUT2D eigenvalue weighted by atomic mass is 9.87. The van der Waals surface area contributed by atoms with Gasteiger partial charge in [-0.15, -0.1) is 0 Å². The van der Waals surface area contributed by atoms with Gasteiger partial charge in [0.05, 0.1) is 11.9 Å². The Balaban J connectivity index is 1.59. The van der Waals surface area contributed by atoms with Crippen LogP contribution in [0.4, 0.5) is 0 Å². The number of carbonyl (C=O) groups excluding carboxylic acids is 1. The van der Waals surface area contributed by atoms with E-state index in [9.17, 15) is 14.7 Å². The first-order chi connectivity index (χ1) is 12.5. The first-order valence-corrected chi connectivity index (χ1v) is 8.58. The number of rotatable bonds is 3. The van der Waals surface area contributed by atoms with Crippen LogP contribution in [-0.2, 0) is 17.4 Å². The molecule has 0 radical (unpaired) electrons. The molecule has 0 spiro atoms. The Kier molecular flexibility index (Phi) is 3.79. The number of imidazole rings is 1. The summed E-state index contributed by atoms with van der Waals surface area (Å²) in [6.45, 7) is 0.791. The Morgan fingerprint density at radius 1 is 1.19 bits per heavy atom. The quantitative estimate of drug-likeness (QED) is 0.783. The summed E-state index contributed by atoms with van der Waals surface area (Å²) in [4.78, 5) is 30.7. The lowest BCUT2D eigenvalue weighted by Gasteiger charge is -2.39. The van der Waals surface area contributed by atoms with Crippen molar-refractivity contribution in [1.29, 1.82) is 0 Å². The second kappa shape index (κ2) is 6.01. The molecule has 7 nitrogen and oxygen atoms in total. The van der Waals surface area contributed by atoms with Gasteiger partial charge in [0.25, 0.3) is 5.91 Å². The van der Waals surface area contributed by atoms with Gasteiger partial charge in [-0.2, -0.15) is 0 Å². The highest BCUT2D eigenvalue weighted by atomic mass is 16.4. The number of likely N-dealkylation sites (tertiary alicyclic amines) is 1. The zero-order valence-electron chi connectivity index (χ0n) is 14.5. The van der Waals surface area contributed by atoms with E-state index in [1.165, 1.54) is 6.33 Å². The van der Waals surface area contributed by atoms with Crippen LogP contribution in [0.2, 0.25) is 0 Å². The van der Waals surface area contributed by atoms with Crippen LogP contribution in [0, 0.1) is 0 Å². The smallest absolute Gasteiger partial charge is 0.330 e. The van der Waals surface area contributed by atoms with Gasteiger partial charge in [-0.1, -0.05) is 18.2 Å². The normalized spacial score (nSPS) is 16.7. The highest BCUT2D eigenvalue weighted by Crippen LogP contribution is 2.32. The van der Waals surface area contributed by atoms with Crippen molar-refractivity contribution in [2.24, 2.45) is 7.05 Å². The number of benzene rings is 1. The number of aliphatic carboxylic acids is 1. The molecule has 7 heteroatoms. The summed E-state index contributed by atoms with van der Waals surface area (Å²) in [5.41, 5.74) is 0.631. The van der Waals surface area contributed by atoms with Crippen LogP contribution in [0.25, 0.3) is 10.9 Å². The minimum absolute atomic E-state index is 0.0496. The van der Waals surface area contributed by atoms with Gasteiger partial charge in [0.2, 0.25) is 0 Å². The number of aromatic nitrogens is 3. The van der Waals surface area contributed by atoms with Gasteiger partial charge in [0, 0.05) is 49.6 Å². The molecule has 0 unspecified atom stereocenters. The second-order valence-electron chi connectivity index (χ2n) is 6.77. The van der Waals surface area contributed by atoms with Crippen molar-refractivity contribution < 1.29 is 14.7 Å². The molecule has 134 valence electrons. The summed E-state index contributed by atoms with van der Waals surface area (Å²) in [6, 6.07) is 7.80. The summed E-state index contributed by atoms with van der Waals surface area (Å²) in [5, 5.41) is 10.7. The van der Waals surface area contributed by atoms with Crippen LogP contribution in [0.3, 0.4) is 0 Å². The number of piperidine rings is 1. The standard InChI is InChI=1S/C19H20N4O3/c1-21-12-15(14-4-2-3-5-16(14)21)17(24)22-9-6-19(7-10-22,18(25)26)23-11-8-20-13-23/h2-5,8,11-13H,6-7,9-10H2,1H3,(H,25,26). The summed E-state index contributed by atoms with van der Waals surface area (Å²) >= 11 is 0. The average Bonchev–Trinajstić information content (AvgIpc) is 3.30. The molecule has 1 aromatic carbocycles. The monoisotopic (exact) mass is 352 g/mol. The highest BCUT2D eigenvalue weighted by Gasteiger charge is 2.44. The number of carbonyl (C=O) groups is 2. The molecule has 0 saturated carbocycles. The fourth-order valence-electron chi connectivity index (χ4n) is 3.86. The number of carboxylic acid groups (broad SMARTS) is 1. The number of hydrogen-bond donors (Lipinski definition) is 1. The predicted octanol–water partition coefficient (Wildman–Crippen LogP) is 2.09. The van der Waals surface area contributed by atoms with E-state index in [1.54, 1.807) is 21.9 Å². The Bertz CT molecular complexity index is 966. The summed E-state index contributed by atoms with van der Waals surface area (Å²) in [7, 11) is 1.92. The minimum Gasteiger partial charge on any atom is -0.479 e. The molecule has 1 fully saturated rings. The average molecular weight is 352 g/mol. The molecule has 1 aliphatic rings. The van der Waals surface area contributed by atoms with Gasteiger partial charge in [-0.25, -0.2) is 9.78 Å². The number of amides is 1. The maximum Gasteiger partial charge on any atom is 0.330 e. The van der Waals surface area contributed by atoms with Crippen molar-refractivity contribution in [2.75, 3.05) is 13.1 Å². The van der Waals surface area contributed by atoms with Gasteiger partial charge in [0.15, 0.2) is 0 Å². The van der Waals surface area contributed by atoms with Gasteiger partial charge in [-0.3, -0.25) is 4.79 Å². The van der Waals surface area contributed by atoms with Gasteiger partial charge in [0.1, 0.15) is 5.54 Å². The Morgan fingerprint density at radius 2 is 1.92 bits per heavy atom. The lowest BCUT2D eigenvalue weighted by molar-refractivity contribution is -0.150. The van der Waals surface area contributed by atoms with E-state index in [0.29, 0.717) is 31.5 Å². The van der Waals surface area contributed by atoms with Crippen LogP contribution >= 0.6 is 0 Å². The third kappa shape index (κ3) is 2.39. The Morgan fingerprint density at radius 3 is 2.58 bits per heavy atom. The number of hydrogen-bond acceptors (Lipinski definition) is 3. The topological polar surface area (TPSA) is 80.4 Å². The van der Waals surface area contributed by atoms with Crippen molar-refractivity contribution in [3.05, 3.63) is 54.7 Å². The first-order valence-electron chi connectivity index (χ1n) is 8.58. The maximum atomic E-state index is 13.0. The van der Waals surface area contributed by atoms with Crippen LogP contribution in [0.15, 0.2) is 49.2 Å². The van der Waals surface area contributed by atoms with E-state index >= 15 is 0 Å². The molecule has 1 amide bonds. The van der Waals surface area contributed by atoms with E-state index in [-0.39, 0.29) is 5.91 Å². The second-order valence-corrected chi connectivity index (χ2v) is 6.77. The predicted molar refractivity (Wildman–Crippen MR) is 95.9 cm³/mol. The number of aryl methyl sites for hydroxylation is 1. The molecule has 1 aliphatic heterocycles. The number of fused-ring (bicyclic) bond motifs is 1. The van der Waals surface area contributed by atoms with E-state index in [1.807, 2.05) is 42.1 Å². The molecule has 26 heavy (non-hydrogen) atoms. The molecule has 3 heterocycles.